The Kier molecular flexibility index (Phi) is 3.17. The van der Waals surface area contributed by atoms with Crippen LogP contribution in [-0.2, 0) is 5.41 Å². The third kappa shape index (κ3) is 2.63. The summed E-state index contributed by atoms with van der Waals surface area (Å²) in [7, 11) is 0. The average molecular weight is 233 g/mol. The SMILES string of the molecule is CCC(C)(C)c1ccc(OC2(CN)CC2)cc1. The maximum atomic E-state index is 5.94. The molecule has 0 atom stereocenters. The summed E-state index contributed by atoms with van der Waals surface area (Å²) in [5.74, 6) is 0.948. The first kappa shape index (κ1) is 12.4. The second-order valence-electron chi connectivity index (χ2n) is 5.75. The Morgan fingerprint density at radius 3 is 2.24 bits per heavy atom. The number of nitrogens with two attached hydrogens (primary N) is 1. The fourth-order valence-corrected chi connectivity index (χ4v) is 1.92. The highest BCUT2D eigenvalue weighted by molar-refractivity contribution is 5.32. The summed E-state index contributed by atoms with van der Waals surface area (Å²) in [5, 5.41) is 0. The summed E-state index contributed by atoms with van der Waals surface area (Å²) >= 11 is 0. The van der Waals surface area contributed by atoms with E-state index >= 15 is 0 Å². The number of benzene rings is 1. The number of rotatable bonds is 5. The van der Waals surface area contributed by atoms with Crippen LogP contribution in [0.25, 0.3) is 0 Å². The molecule has 0 aliphatic heterocycles. The van der Waals surface area contributed by atoms with Gasteiger partial charge >= 0.3 is 0 Å². The molecule has 1 saturated carbocycles. The molecule has 1 fully saturated rings. The molecular weight excluding hydrogens is 210 g/mol. The highest BCUT2D eigenvalue weighted by Crippen LogP contribution is 2.39. The number of hydrogen-bond donors (Lipinski definition) is 1. The van der Waals surface area contributed by atoms with Gasteiger partial charge in [-0.15, -0.1) is 0 Å². The Morgan fingerprint density at radius 2 is 1.82 bits per heavy atom. The molecule has 94 valence electrons. The summed E-state index contributed by atoms with van der Waals surface area (Å²) in [6, 6.07) is 8.49. The molecular formula is C15H23NO. The van der Waals surface area contributed by atoms with Gasteiger partial charge < -0.3 is 10.5 Å². The smallest absolute Gasteiger partial charge is 0.121 e. The fourth-order valence-electron chi connectivity index (χ4n) is 1.92. The van der Waals surface area contributed by atoms with Crippen molar-refractivity contribution >= 4 is 0 Å². The third-order valence-corrected chi connectivity index (χ3v) is 4.03. The summed E-state index contributed by atoms with van der Waals surface area (Å²) in [5.41, 5.74) is 7.26. The molecule has 1 aliphatic rings. The molecule has 0 aromatic heterocycles. The molecule has 0 amide bonds. The van der Waals surface area contributed by atoms with E-state index in [9.17, 15) is 0 Å². The van der Waals surface area contributed by atoms with Gasteiger partial charge in [-0.2, -0.15) is 0 Å². The van der Waals surface area contributed by atoms with Crippen molar-refractivity contribution in [1.82, 2.24) is 0 Å². The zero-order valence-electron chi connectivity index (χ0n) is 11.1. The number of hydrogen-bond acceptors (Lipinski definition) is 2. The Morgan fingerprint density at radius 1 is 1.24 bits per heavy atom. The van der Waals surface area contributed by atoms with Gasteiger partial charge in [-0.1, -0.05) is 32.9 Å². The molecule has 2 N–H and O–H groups in total. The molecule has 0 bridgehead atoms. The van der Waals surface area contributed by atoms with Gasteiger partial charge in [0.25, 0.3) is 0 Å². The molecule has 2 rings (SSSR count). The Bertz CT molecular complexity index is 376. The van der Waals surface area contributed by atoms with Crippen LogP contribution < -0.4 is 10.5 Å². The van der Waals surface area contributed by atoms with Gasteiger partial charge in [0.05, 0.1) is 0 Å². The molecule has 1 aliphatic carbocycles. The van der Waals surface area contributed by atoms with E-state index in [0.29, 0.717) is 6.54 Å². The van der Waals surface area contributed by atoms with Gasteiger partial charge in [0, 0.05) is 6.54 Å². The van der Waals surface area contributed by atoms with Gasteiger partial charge in [-0.05, 0) is 42.4 Å². The van der Waals surface area contributed by atoms with Crippen LogP contribution in [-0.4, -0.2) is 12.1 Å². The lowest BCUT2D eigenvalue weighted by Gasteiger charge is -2.24. The molecule has 17 heavy (non-hydrogen) atoms. The molecule has 0 saturated heterocycles. The first-order chi connectivity index (χ1) is 8.01. The van der Waals surface area contributed by atoms with Crippen LogP contribution in [0.2, 0.25) is 0 Å². The second kappa shape index (κ2) is 4.34. The minimum atomic E-state index is -0.0538. The first-order valence-electron chi connectivity index (χ1n) is 6.51. The van der Waals surface area contributed by atoms with Gasteiger partial charge in [0.2, 0.25) is 0 Å². The lowest BCUT2D eigenvalue weighted by atomic mass is 9.82. The van der Waals surface area contributed by atoms with E-state index in [4.69, 9.17) is 10.5 Å². The fraction of sp³-hybridized carbons (Fsp3) is 0.600. The van der Waals surface area contributed by atoms with Crippen molar-refractivity contribution in [3.63, 3.8) is 0 Å². The largest absolute Gasteiger partial charge is 0.486 e. The number of ether oxygens (including phenoxy) is 1. The van der Waals surface area contributed by atoms with Crippen molar-refractivity contribution in [3.05, 3.63) is 29.8 Å². The molecule has 0 unspecified atom stereocenters. The van der Waals surface area contributed by atoms with E-state index in [0.717, 1.165) is 25.0 Å². The maximum absolute atomic E-state index is 5.94. The van der Waals surface area contributed by atoms with Gasteiger partial charge in [-0.25, -0.2) is 0 Å². The summed E-state index contributed by atoms with van der Waals surface area (Å²) < 4.78 is 5.94. The van der Waals surface area contributed by atoms with Gasteiger partial charge in [0.1, 0.15) is 11.4 Å². The summed E-state index contributed by atoms with van der Waals surface area (Å²) in [6.45, 7) is 7.38. The van der Waals surface area contributed by atoms with Crippen molar-refractivity contribution in [2.75, 3.05) is 6.54 Å². The van der Waals surface area contributed by atoms with Crippen molar-refractivity contribution < 1.29 is 4.74 Å². The van der Waals surface area contributed by atoms with Crippen molar-refractivity contribution in [2.24, 2.45) is 5.73 Å². The molecule has 2 nitrogen and oxygen atoms in total. The first-order valence-corrected chi connectivity index (χ1v) is 6.51. The maximum Gasteiger partial charge on any atom is 0.121 e. The Hall–Kier alpha value is -1.02. The quantitative estimate of drug-likeness (QED) is 0.847. The third-order valence-electron chi connectivity index (χ3n) is 4.03. The summed E-state index contributed by atoms with van der Waals surface area (Å²) in [6.07, 6.45) is 3.32. The van der Waals surface area contributed by atoms with Crippen molar-refractivity contribution in [2.45, 2.75) is 51.0 Å². The standard InChI is InChI=1S/C15H23NO/c1-4-14(2,3)12-5-7-13(8-6-12)17-15(11-16)9-10-15/h5-8H,4,9-11,16H2,1-3H3. The van der Waals surface area contributed by atoms with Crippen LogP contribution in [0.1, 0.15) is 45.6 Å². The van der Waals surface area contributed by atoms with Crippen LogP contribution in [0.15, 0.2) is 24.3 Å². The average Bonchev–Trinajstić information content (AvgIpc) is 3.10. The van der Waals surface area contributed by atoms with Crippen molar-refractivity contribution in [3.8, 4) is 5.75 Å². The highest BCUT2D eigenvalue weighted by Gasteiger charge is 2.44. The van der Waals surface area contributed by atoms with E-state index in [-0.39, 0.29) is 11.0 Å². The Balaban J connectivity index is 2.08. The van der Waals surface area contributed by atoms with Crippen molar-refractivity contribution in [1.29, 1.82) is 0 Å². The van der Waals surface area contributed by atoms with E-state index in [2.05, 4.69) is 45.0 Å². The molecule has 2 heteroatoms. The predicted molar refractivity (Wildman–Crippen MR) is 71.4 cm³/mol. The van der Waals surface area contributed by atoms with E-state index in [1.807, 2.05) is 0 Å². The van der Waals surface area contributed by atoms with Gasteiger partial charge in [-0.3, -0.25) is 0 Å². The summed E-state index contributed by atoms with van der Waals surface area (Å²) in [4.78, 5) is 0. The molecule has 1 aromatic rings. The minimum Gasteiger partial charge on any atom is -0.486 e. The zero-order chi connectivity index (χ0) is 12.5. The predicted octanol–water partition coefficient (Wildman–Crippen LogP) is 3.24. The molecule has 0 heterocycles. The van der Waals surface area contributed by atoms with Crippen LogP contribution in [0, 0.1) is 0 Å². The van der Waals surface area contributed by atoms with E-state index < -0.39 is 0 Å². The minimum absolute atomic E-state index is 0.0538. The second-order valence-corrected chi connectivity index (χ2v) is 5.75. The monoisotopic (exact) mass is 233 g/mol. The van der Waals surface area contributed by atoms with Gasteiger partial charge in [0.15, 0.2) is 0 Å². The molecule has 1 aromatic carbocycles. The zero-order valence-corrected chi connectivity index (χ0v) is 11.1. The van der Waals surface area contributed by atoms with Crippen LogP contribution >= 0.6 is 0 Å². The molecule has 0 spiro atoms. The topological polar surface area (TPSA) is 35.2 Å². The lowest BCUT2D eigenvalue weighted by Crippen LogP contribution is -2.28. The van der Waals surface area contributed by atoms with Crippen LogP contribution in [0.3, 0.4) is 0 Å². The van der Waals surface area contributed by atoms with E-state index in [1.54, 1.807) is 0 Å². The highest BCUT2D eigenvalue weighted by atomic mass is 16.5. The molecule has 0 radical (unpaired) electrons. The van der Waals surface area contributed by atoms with Crippen LogP contribution in [0.5, 0.6) is 5.75 Å². The normalized spacial score (nSPS) is 17.9. The Labute approximate surface area is 104 Å². The van der Waals surface area contributed by atoms with E-state index in [1.165, 1.54) is 5.56 Å². The van der Waals surface area contributed by atoms with Crippen LogP contribution in [0.4, 0.5) is 0 Å². The lowest BCUT2D eigenvalue weighted by molar-refractivity contribution is 0.187.